The number of carbonyl (C=O) groups excluding carboxylic acids is 1. The maximum atomic E-state index is 12.1. The van der Waals surface area contributed by atoms with E-state index in [1.165, 1.54) is 5.56 Å². The van der Waals surface area contributed by atoms with Gasteiger partial charge in [0.1, 0.15) is 12.4 Å². The molecule has 0 bridgehead atoms. The van der Waals surface area contributed by atoms with Gasteiger partial charge in [-0.15, -0.1) is 12.4 Å². The van der Waals surface area contributed by atoms with Gasteiger partial charge in [-0.3, -0.25) is 4.79 Å². The Balaban J connectivity index is 0.00000242. The van der Waals surface area contributed by atoms with Crippen LogP contribution < -0.4 is 10.1 Å². The summed E-state index contributed by atoms with van der Waals surface area (Å²) in [6.45, 7) is 5.39. The molecule has 2 rings (SSSR count). The Morgan fingerprint density at radius 3 is 3.00 bits per heavy atom. The molecule has 22 heavy (non-hydrogen) atoms. The molecule has 0 aromatic heterocycles. The Labute approximate surface area is 138 Å². The zero-order chi connectivity index (χ0) is 15.1. The van der Waals surface area contributed by atoms with E-state index in [1.807, 2.05) is 31.2 Å². The fourth-order valence-electron chi connectivity index (χ4n) is 2.23. The lowest BCUT2D eigenvalue weighted by atomic mass is 10.2. The number of halogens is 1. The maximum Gasteiger partial charge on any atom is 0.225 e. The summed E-state index contributed by atoms with van der Waals surface area (Å²) < 4.78 is 11.2. The van der Waals surface area contributed by atoms with Crippen LogP contribution >= 0.6 is 12.4 Å². The number of benzene rings is 1. The number of nitrogens with one attached hydrogen (secondary N) is 1. The smallest absolute Gasteiger partial charge is 0.225 e. The van der Waals surface area contributed by atoms with Crippen LogP contribution in [0, 0.1) is 6.92 Å². The van der Waals surface area contributed by atoms with Crippen LogP contribution in [0.15, 0.2) is 24.3 Å². The highest BCUT2D eigenvalue weighted by Gasteiger charge is 2.19. The molecule has 6 heteroatoms. The second-order valence-electron chi connectivity index (χ2n) is 5.38. The molecule has 1 heterocycles. The Kier molecular flexibility index (Phi) is 8.24. The third-order valence-electron chi connectivity index (χ3n) is 3.52. The minimum Gasteiger partial charge on any atom is -0.492 e. The van der Waals surface area contributed by atoms with Crippen molar-refractivity contribution in [2.24, 2.45) is 0 Å². The van der Waals surface area contributed by atoms with E-state index in [1.54, 1.807) is 11.9 Å². The van der Waals surface area contributed by atoms with E-state index >= 15 is 0 Å². The molecule has 1 fully saturated rings. The first-order valence-electron chi connectivity index (χ1n) is 7.41. The van der Waals surface area contributed by atoms with Crippen LogP contribution in [0.4, 0.5) is 0 Å². The normalized spacial score (nSPS) is 17.5. The molecule has 5 nitrogen and oxygen atoms in total. The van der Waals surface area contributed by atoms with E-state index < -0.39 is 0 Å². The highest BCUT2D eigenvalue weighted by Crippen LogP contribution is 2.12. The van der Waals surface area contributed by atoms with Crippen molar-refractivity contribution in [1.82, 2.24) is 10.2 Å². The predicted octanol–water partition coefficient (Wildman–Crippen LogP) is 1.63. The molecule has 1 saturated heterocycles. The molecule has 0 spiro atoms. The third kappa shape index (κ3) is 6.22. The average Bonchev–Trinajstić information content (AvgIpc) is 2.48. The number of nitrogens with zero attached hydrogens (tertiary/aromatic N) is 1. The van der Waals surface area contributed by atoms with E-state index in [-0.39, 0.29) is 24.4 Å². The van der Waals surface area contributed by atoms with E-state index in [2.05, 4.69) is 5.32 Å². The molecular formula is C16H25ClN2O3. The molecular weight excluding hydrogens is 304 g/mol. The Bertz CT molecular complexity index is 464. The summed E-state index contributed by atoms with van der Waals surface area (Å²) in [5.41, 5.74) is 1.17. The minimum atomic E-state index is -0.00797. The molecule has 1 unspecified atom stereocenters. The van der Waals surface area contributed by atoms with Crippen molar-refractivity contribution in [3.8, 4) is 5.75 Å². The number of carbonyl (C=O) groups is 1. The molecule has 1 aliphatic heterocycles. The summed E-state index contributed by atoms with van der Waals surface area (Å²) in [6.07, 6.45) is 0.417. The summed E-state index contributed by atoms with van der Waals surface area (Å²) in [5, 5.41) is 3.23. The SMILES string of the molecule is Cc1cccc(OCCN(C)C(=O)CC2CNCCO2)c1.Cl. The lowest BCUT2D eigenvalue weighted by Crippen LogP contribution is -2.42. The number of hydrogen-bond acceptors (Lipinski definition) is 4. The molecule has 0 saturated carbocycles. The van der Waals surface area contributed by atoms with Crippen LogP contribution in [0.1, 0.15) is 12.0 Å². The standard InChI is InChI=1S/C16H24N2O3.ClH/c1-13-4-3-5-14(10-13)21-9-7-18(2)16(19)11-15-12-17-6-8-20-15;/h3-5,10,15,17H,6-9,11-12H2,1-2H3;1H. The topological polar surface area (TPSA) is 50.8 Å². The molecule has 0 radical (unpaired) electrons. The predicted molar refractivity (Wildman–Crippen MR) is 88.8 cm³/mol. The fourth-order valence-corrected chi connectivity index (χ4v) is 2.23. The quantitative estimate of drug-likeness (QED) is 0.862. The van der Waals surface area contributed by atoms with Gasteiger partial charge in [-0.05, 0) is 24.6 Å². The molecule has 1 aromatic carbocycles. The summed E-state index contributed by atoms with van der Waals surface area (Å²) in [6, 6.07) is 7.91. The third-order valence-corrected chi connectivity index (χ3v) is 3.52. The van der Waals surface area contributed by atoms with Crippen LogP contribution in [-0.4, -0.2) is 56.8 Å². The van der Waals surface area contributed by atoms with E-state index in [0.717, 1.165) is 18.8 Å². The van der Waals surface area contributed by atoms with Gasteiger partial charge in [-0.1, -0.05) is 12.1 Å². The lowest BCUT2D eigenvalue weighted by Gasteiger charge is -2.25. The van der Waals surface area contributed by atoms with Crippen molar-refractivity contribution in [1.29, 1.82) is 0 Å². The van der Waals surface area contributed by atoms with Crippen LogP contribution in [0.3, 0.4) is 0 Å². The van der Waals surface area contributed by atoms with E-state index in [4.69, 9.17) is 9.47 Å². The molecule has 124 valence electrons. The average molecular weight is 329 g/mol. The van der Waals surface area contributed by atoms with Gasteiger partial charge in [-0.2, -0.15) is 0 Å². The maximum absolute atomic E-state index is 12.1. The highest BCUT2D eigenvalue weighted by molar-refractivity contribution is 5.85. The minimum absolute atomic E-state index is 0. The number of hydrogen-bond donors (Lipinski definition) is 1. The first kappa shape index (κ1) is 18.7. The van der Waals surface area contributed by atoms with Gasteiger partial charge < -0.3 is 19.7 Å². The largest absolute Gasteiger partial charge is 0.492 e. The number of likely N-dealkylation sites (N-methyl/N-ethyl adjacent to an activating group) is 1. The highest BCUT2D eigenvalue weighted by atomic mass is 35.5. The Hall–Kier alpha value is -1.30. The van der Waals surface area contributed by atoms with Crippen LogP contribution in [0.5, 0.6) is 5.75 Å². The Morgan fingerprint density at radius 2 is 2.32 bits per heavy atom. The second-order valence-corrected chi connectivity index (χ2v) is 5.38. The molecule has 1 atom stereocenters. The van der Waals surface area contributed by atoms with Gasteiger partial charge >= 0.3 is 0 Å². The molecule has 0 aliphatic carbocycles. The first-order valence-corrected chi connectivity index (χ1v) is 7.41. The molecule has 1 aliphatic rings. The van der Waals surface area contributed by atoms with Gasteiger partial charge in [0, 0.05) is 20.1 Å². The zero-order valence-electron chi connectivity index (χ0n) is 13.2. The van der Waals surface area contributed by atoms with Gasteiger partial charge in [0.15, 0.2) is 0 Å². The number of amides is 1. The molecule has 1 amide bonds. The fraction of sp³-hybridized carbons (Fsp3) is 0.562. The van der Waals surface area contributed by atoms with Crippen molar-refractivity contribution in [2.45, 2.75) is 19.4 Å². The van der Waals surface area contributed by atoms with Crippen LogP contribution in [0.25, 0.3) is 0 Å². The molecule has 1 N–H and O–H groups in total. The number of aryl methyl sites for hydroxylation is 1. The first-order chi connectivity index (χ1) is 10.1. The van der Waals surface area contributed by atoms with Crippen LogP contribution in [0.2, 0.25) is 0 Å². The number of rotatable bonds is 6. The van der Waals surface area contributed by atoms with Crippen molar-refractivity contribution in [3.05, 3.63) is 29.8 Å². The van der Waals surface area contributed by atoms with Crippen molar-refractivity contribution >= 4 is 18.3 Å². The van der Waals surface area contributed by atoms with Crippen molar-refractivity contribution < 1.29 is 14.3 Å². The molecule has 1 aromatic rings. The van der Waals surface area contributed by atoms with Crippen LogP contribution in [-0.2, 0) is 9.53 Å². The zero-order valence-corrected chi connectivity index (χ0v) is 14.0. The Morgan fingerprint density at radius 1 is 1.50 bits per heavy atom. The van der Waals surface area contributed by atoms with E-state index in [9.17, 15) is 4.79 Å². The summed E-state index contributed by atoms with van der Waals surface area (Å²) in [4.78, 5) is 13.8. The lowest BCUT2D eigenvalue weighted by molar-refractivity contribution is -0.133. The van der Waals surface area contributed by atoms with Crippen molar-refractivity contribution in [2.75, 3.05) is 39.9 Å². The van der Waals surface area contributed by atoms with Gasteiger partial charge in [0.25, 0.3) is 0 Å². The van der Waals surface area contributed by atoms with E-state index in [0.29, 0.717) is 26.2 Å². The monoisotopic (exact) mass is 328 g/mol. The number of ether oxygens (including phenoxy) is 2. The summed E-state index contributed by atoms with van der Waals surface area (Å²) in [5.74, 6) is 0.937. The van der Waals surface area contributed by atoms with Gasteiger partial charge in [-0.25, -0.2) is 0 Å². The van der Waals surface area contributed by atoms with Crippen molar-refractivity contribution in [3.63, 3.8) is 0 Å². The summed E-state index contributed by atoms with van der Waals surface area (Å²) in [7, 11) is 1.80. The number of morpholine rings is 1. The van der Waals surface area contributed by atoms with Gasteiger partial charge in [0.2, 0.25) is 5.91 Å². The van der Waals surface area contributed by atoms with Gasteiger partial charge in [0.05, 0.1) is 25.7 Å². The second kappa shape index (κ2) is 9.66. The summed E-state index contributed by atoms with van der Waals surface area (Å²) >= 11 is 0.